The molecule has 2 aromatic heterocycles. The molecule has 2 fully saturated rings. The molecular formula is C40H45ClN6O4. The molecule has 10 nitrogen and oxygen atoms in total. The number of H-pyrrole nitrogens is 2. The number of likely N-dealkylation sites (tertiary alicyclic amines) is 2. The number of nitrogens with one attached hydrogen (secondary N) is 4. The van der Waals surface area contributed by atoms with Gasteiger partial charge in [0.05, 0.1) is 18.9 Å². The normalized spacial score (nSPS) is 18.2. The third-order valence-corrected chi connectivity index (χ3v) is 10.3. The van der Waals surface area contributed by atoms with Gasteiger partial charge in [-0.05, 0) is 66.6 Å². The fraction of sp³-hybridized carbons (Fsp3) is 0.350. The van der Waals surface area contributed by atoms with Gasteiger partial charge < -0.3 is 30.4 Å². The Labute approximate surface area is 302 Å². The van der Waals surface area contributed by atoms with Crippen LogP contribution in [0.5, 0.6) is 0 Å². The number of rotatable bonds is 8. The van der Waals surface area contributed by atoms with Crippen LogP contribution in [0.2, 0.25) is 5.02 Å². The maximum Gasteiger partial charge on any atom is 0.270 e. The summed E-state index contributed by atoms with van der Waals surface area (Å²) in [6.45, 7) is 5.58. The Bertz CT molecular complexity index is 2040. The molecule has 0 radical (unpaired) electrons. The highest BCUT2D eigenvalue weighted by molar-refractivity contribution is 6.31. The van der Waals surface area contributed by atoms with Crippen LogP contribution in [0.4, 0.5) is 0 Å². The number of hydrogen-bond donors (Lipinski definition) is 4. The number of carbonyl (C=O) groups is 4. The number of nitrogens with zero attached hydrogens (tertiary/aromatic N) is 2. The fourth-order valence-corrected chi connectivity index (χ4v) is 7.53. The van der Waals surface area contributed by atoms with Crippen LogP contribution in [-0.2, 0) is 27.2 Å². The van der Waals surface area contributed by atoms with E-state index in [1.165, 1.54) is 25.5 Å². The highest BCUT2D eigenvalue weighted by Gasteiger charge is 2.48. The standard InChI is InChI=1S/C31H33ClN6O4.C9H12/c1-17-3-6-25-18(7-17)8-27(36-25)31(42)38-14-20-13-37(16-24(23(20)15-38)30(41)35-12-28(39)33-2)29(40)9-19-11-34-26-10-21(32)4-5-22(19)26;1-2-6-9-7-4-3-5-8-9/h3-8,10-11,20,23-24,34,36H,9,12-16H2,1-2H3,(H,33,39)(H,35,41);3-5,7-8H,2,6H2,1H3. The lowest BCUT2D eigenvalue weighted by Crippen LogP contribution is -2.54. The number of amides is 4. The summed E-state index contributed by atoms with van der Waals surface area (Å²) in [5.74, 6) is -1.58. The predicted octanol–water partition coefficient (Wildman–Crippen LogP) is 5.50. The lowest BCUT2D eigenvalue weighted by atomic mass is 9.79. The molecule has 3 unspecified atom stereocenters. The minimum Gasteiger partial charge on any atom is -0.361 e. The Balaban J connectivity index is 0.000000435. The monoisotopic (exact) mass is 708 g/mol. The average molecular weight is 709 g/mol. The van der Waals surface area contributed by atoms with Crippen molar-refractivity contribution in [1.82, 2.24) is 30.4 Å². The van der Waals surface area contributed by atoms with Crippen molar-refractivity contribution in [2.75, 3.05) is 39.8 Å². The number of benzene rings is 3. The minimum absolute atomic E-state index is 0.0733. The van der Waals surface area contributed by atoms with Crippen molar-refractivity contribution in [2.24, 2.45) is 17.8 Å². The zero-order chi connectivity index (χ0) is 36.1. The molecule has 5 aromatic rings. The van der Waals surface area contributed by atoms with Gasteiger partial charge in [-0.15, -0.1) is 0 Å². The Kier molecular flexibility index (Phi) is 11.1. The number of aromatic nitrogens is 2. The SMILES string of the molecule is CCCc1ccccc1.CNC(=O)CNC(=O)C1CN(C(=O)Cc2c[nH]c3cc(Cl)ccc23)CC2CN(C(=O)c3cc4cc(C)ccc4[nH]3)CC21. The number of carbonyl (C=O) groups excluding carboxylic acids is 4. The molecule has 51 heavy (non-hydrogen) atoms. The zero-order valence-electron chi connectivity index (χ0n) is 29.3. The number of fused-ring (bicyclic) bond motifs is 3. The van der Waals surface area contributed by atoms with Crippen LogP contribution in [0.15, 0.2) is 79.0 Å². The number of halogens is 1. The lowest BCUT2D eigenvalue weighted by Gasteiger charge is -2.39. The van der Waals surface area contributed by atoms with E-state index in [4.69, 9.17) is 11.6 Å². The molecule has 7 rings (SSSR count). The van der Waals surface area contributed by atoms with E-state index in [0.717, 1.165) is 32.9 Å². The second kappa shape index (κ2) is 15.9. The fourth-order valence-electron chi connectivity index (χ4n) is 7.36. The molecule has 11 heteroatoms. The van der Waals surface area contributed by atoms with Gasteiger partial charge in [-0.2, -0.15) is 0 Å². The van der Waals surface area contributed by atoms with Crippen molar-refractivity contribution in [3.8, 4) is 0 Å². The quantitative estimate of drug-likeness (QED) is 0.170. The van der Waals surface area contributed by atoms with E-state index in [9.17, 15) is 19.2 Å². The molecule has 0 saturated carbocycles. The Morgan fingerprint density at radius 3 is 2.45 bits per heavy atom. The van der Waals surface area contributed by atoms with E-state index < -0.39 is 5.92 Å². The number of piperidine rings is 1. The second-order valence-electron chi connectivity index (χ2n) is 13.6. The van der Waals surface area contributed by atoms with Gasteiger partial charge in [-0.3, -0.25) is 19.2 Å². The van der Waals surface area contributed by atoms with Gasteiger partial charge in [0.2, 0.25) is 17.7 Å². The maximum atomic E-state index is 13.6. The molecule has 3 aromatic carbocycles. The smallest absolute Gasteiger partial charge is 0.270 e. The van der Waals surface area contributed by atoms with Gasteiger partial charge in [0.15, 0.2) is 0 Å². The third-order valence-electron chi connectivity index (χ3n) is 10.0. The van der Waals surface area contributed by atoms with E-state index in [2.05, 4.69) is 57.9 Å². The predicted molar refractivity (Wildman–Crippen MR) is 201 cm³/mol. The van der Waals surface area contributed by atoms with Gasteiger partial charge in [0.1, 0.15) is 5.69 Å². The molecule has 0 bridgehead atoms. The molecule has 0 aliphatic carbocycles. The van der Waals surface area contributed by atoms with E-state index in [0.29, 0.717) is 30.4 Å². The molecule has 2 aliphatic rings. The van der Waals surface area contributed by atoms with Crippen LogP contribution in [-0.4, -0.2) is 83.2 Å². The molecule has 266 valence electrons. The van der Waals surface area contributed by atoms with Crippen molar-refractivity contribution >= 4 is 57.0 Å². The van der Waals surface area contributed by atoms with Crippen LogP contribution in [0.25, 0.3) is 21.8 Å². The van der Waals surface area contributed by atoms with E-state index in [-0.39, 0.29) is 55.0 Å². The minimum atomic E-state index is -0.553. The first-order valence-corrected chi connectivity index (χ1v) is 18.0. The van der Waals surface area contributed by atoms with Crippen LogP contribution in [0.1, 0.15) is 40.5 Å². The second-order valence-corrected chi connectivity index (χ2v) is 14.1. The average Bonchev–Trinajstić information content (AvgIpc) is 3.87. The van der Waals surface area contributed by atoms with Gasteiger partial charge in [0, 0.05) is 66.3 Å². The molecule has 2 aliphatic heterocycles. The summed E-state index contributed by atoms with van der Waals surface area (Å²) in [5.41, 5.74) is 5.66. The van der Waals surface area contributed by atoms with Crippen LogP contribution >= 0.6 is 11.6 Å². The van der Waals surface area contributed by atoms with Crippen molar-refractivity contribution in [3.63, 3.8) is 0 Å². The summed E-state index contributed by atoms with van der Waals surface area (Å²) in [6, 6.07) is 23.9. The van der Waals surface area contributed by atoms with Crippen molar-refractivity contribution in [1.29, 1.82) is 0 Å². The largest absolute Gasteiger partial charge is 0.361 e. The van der Waals surface area contributed by atoms with Crippen LogP contribution in [0.3, 0.4) is 0 Å². The third kappa shape index (κ3) is 8.28. The zero-order valence-corrected chi connectivity index (χ0v) is 30.1. The summed E-state index contributed by atoms with van der Waals surface area (Å²) < 4.78 is 0. The van der Waals surface area contributed by atoms with Crippen LogP contribution < -0.4 is 10.6 Å². The molecule has 2 saturated heterocycles. The summed E-state index contributed by atoms with van der Waals surface area (Å²) in [7, 11) is 1.51. The summed E-state index contributed by atoms with van der Waals surface area (Å²) >= 11 is 6.12. The summed E-state index contributed by atoms with van der Waals surface area (Å²) in [5, 5.41) is 7.74. The Morgan fingerprint density at radius 1 is 0.902 bits per heavy atom. The van der Waals surface area contributed by atoms with Crippen molar-refractivity contribution in [2.45, 2.75) is 33.1 Å². The molecule has 4 N–H and O–H groups in total. The first-order valence-electron chi connectivity index (χ1n) is 17.6. The van der Waals surface area contributed by atoms with E-state index >= 15 is 0 Å². The van der Waals surface area contributed by atoms with Crippen LogP contribution in [0, 0.1) is 24.7 Å². The van der Waals surface area contributed by atoms with E-state index in [1.54, 1.807) is 15.9 Å². The number of aromatic amines is 2. The van der Waals surface area contributed by atoms with Crippen molar-refractivity contribution in [3.05, 3.63) is 106 Å². The highest BCUT2D eigenvalue weighted by atomic mass is 35.5. The maximum absolute atomic E-state index is 13.6. The topological polar surface area (TPSA) is 130 Å². The number of aryl methyl sites for hydroxylation is 2. The summed E-state index contributed by atoms with van der Waals surface area (Å²) in [6.07, 6.45) is 4.44. The molecule has 0 spiro atoms. The lowest BCUT2D eigenvalue weighted by molar-refractivity contribution is -0.139. The van der Waals surface area contributed by atoms with Gasteiger partial charge in [-0.1, -0.05) is 73.0 Å². The van der Waals surface area contributed by atoms with Gasteiger partial charge in [0.25, 0.3) is 5.91 Å². The van der Waals surface area contributed by atoms with Gasteiger partial charge >= 0.3 is 0 Å². The molecular weight excluding hydrogens is 664 g/mol. The van der Waals surface area contributed by atoms with E-state index in [1.807, 2.05) is 49.5 Å². The first-order chi connectivity index (χ1) is 24.6. The molecule has 4 amide bonds. The first kappa shape index (κ1) is 35.7. The molecule has 3 atom stereocenters. The Hall–Kier alpha value is -5.09. The van der Waals surface area contributed by atoms with Crippen molar-refractivity contribution < 1.29 is 19.2 Å². The number of hydrogen-bond acceptors (Lipinski definition) is 4. The summed E-state index contributed by atoms with van der Waals surface area (Å²) in [4.78, 5) is 62.4. The highest BCUT2D eigenvalue weighted by Crippen LogP contribution is 2.37. The Morgan fingerprint density at radius 2 is 1.69 bits per heavy atom. The number of likely N-dealkylation sites (N-methyl/N-ethyl adjacent to an activating group) is 1. The molecule has 4 heterocycles. The van der Waals surface area contributed by atoms with Gasteiger partial charge in [-0.25, -0.2) is 0 Å².